The van der Waals surface area contributed by atoms with Crippen molar-refractivity contribution in [3.8, 4) is 0 Å². The molecule has 0 atom stereocenters. The van der Waals surface area contributed by atoms with Crippen LogP contribution in [0.15, 0.2) is 47.2 Å². The fourth-order valence-electron chi connectivity index (χ4n) is 1.38. The van der Waals surface area contributed by atoms with Gasteiger partial charge in [-0.3, -0.25) is 5.32 Å². The number of amides is 1. The summed E-state index contributed by atoms with van der Waals surface area (Å²) in [6.45, 7) is 0.126. The van der Waals surface area contributed by atoms with Crippen LogP contribution in [0.5, 0.6) is 0 Å². The molecule has 0 aliphatic carbocycles. The Morgan fingerprint density at radius 2 is 2.11 bits per heavy atom. The highest BCUT2D eigenvalue weighted by molar-refractivity contribution is 9.10. The van der Waals surface area contributed by atoms with Crippen LogP contribution in [-0.2, 0) is 11.3 Å². The normalized spacial score (nSPS) is 10.0. The van der Waals surface area contributed by atoms with Gasteiger partial charge in [0.15, 0.2) is 5.82 Å². The molecule has 0 saturated heterocycles. The Bertz CT molecular complexity index is 578. The molecule has 1 amide bonds. The Hall–Kier alpha value is -1.95. The van der Waals surface area contributed by atoms with Crippen LogP contribution in [0.25, 0.3) is 0 Å². The summed E-state index contributed by atoms with van der Waals surface area (Å²) in [6.07, 6.45) is 0.289. The number of benzene rings is 1. The minimum Gasteiger partial charge on any atom is -0.444 e. The summed E-state index contributed by atoms with van der Waals surface area (Å²) < 4.78 is 18.7. The average molecular weight is 325 g/mol. The molecule has 1 N–H and O–H groups in total. The molecule has 0 unspecified atom stereocenters. The van der Waals surface area contributed by atoms with E-state index in [1.165, 1.54) is 6.07 Å². The van der Waals surface area contributed by atoms with Crippen LogP contribution >= 0.6 is 15.9 Å². The number of nitrogens with zero attached hydrogens (tertiary/aromatic N) is 1. The van der Waals surface area contributed by atoms with Crippen molar-refractivity contribution in [3.05, 3.63) is 58.6 Å². The van der Waals surface area contributed by atoms with Gasteiger partial charge >= 0.3 is 6.09 Å². The summed E-state index contributed by atoms with van der Waals surface area (Å²) in [6, 6.07) is 10.6. The first-order valence-electron chi connectivity index (χ1n) is 5.44. The molecule has 6 heteroatoms. The monoisotopic (exact) mass is 324 g/mol. The molecule has 0 radical (unpaired) electrons. The molecule has 98 valence electrons. The van der Waals surface area contributed by atoms with E-state index in [4.69, 9.17) is 4.74 Å². The van der Waals surface area contributed by atoms with E-state index in [1.54, 1.807) is 0 Å². The number of halogens is 2. The number of hydrogen-bond acceptors (Lipinski definition) is 3. The Morgan fingerprint density at radius 1 is 1.37 bits per heavy atom. The Labute approximate surface area is 117 Å². The summed E-state index contributed by atoms with van der Waals surface area (Å²) in [5.41, 5.74) is 0.869. The zero-order chi connectivity index (χ0) is 13.7. The highest BCUT2D eigenvalue weighted by atomic mass is 79.9. The zero-order valence-corrected chi connectivity index (χ0v) is 11.4. The van der Waals surface area contributed by atoms with Crippen molar-refractivity contribution in [2.45, 2.75) is 6.61 Å². The van der Waals surface area contributed by atoms with Gasteiger partial charge in [0.25, 0.3) is 0 Å². The number of hydrogen-bond donors (Lipinski definition) is 1. The highest BCUT2D eigenvalue weighted by Gasteiger charge is 2.09. The molecule has 2 rings (SSSR count). The van der Waals surface area contributed by atoms with Gasteiger partial charge in [-0.2, -0.15) is 0 Å². The average Bonchev–Trinajstić information content (AvgIpc) is 2.42. The van der Waals surface area contributed by atoms with Crippen molar-refractivity contribution in [1.29, 1.82) is 0 Å². The maximum absolute atomic E-state index is 13.3. The molecule has 19 heavy (non-hydrogen) atoms. The molecule has 0 aliphatic rings. The van der Waals surface area contributed by atoms with Crippen molar-refractivity contribution < 1.29 is 13.9 Å². The molecule has 1 heterocycles. The van der Waals surface area contributed by atoms with Gasteiger partial charge in [0, 0.05) is 0 Å². The molecule has 0 fully saturated rings. The predicted molar refractivity (Wildman–Crippen MR) is 72.1 cm³/mol. The van der Waals surface area contributed by atoms with Crippen LogP contribution in [0.3, 0.4) is 0 Å². The summed E-state index contributed by atoms with van der Waals surface area (Å²) in [5, 5.41) is 2.32. The van der Waals surface area contributed by atoms with Gasteiger partial charge < -0.3 is 4.74 Å². The van der Waals surface area contributed by atoms with Crippen molar-refractivity contribution in [3.63, 3.8) is 0 Å². The third-order valence-corrected chi connectivity index (χ3v) is 2.71. The largest absolute Gasteiger partial charge is 0.444 e. The fraction of sp³-hybridized carbons (Fsp3) is 0.0769. The van der Waals surface area contributed by atoms with Gasteiger partial charge in [-0.1, -0.05) is 30.3 Å². The van der Waals surface area contributed by atoms with Gasteiger partial charge in [-0.15, -0.1) is 0 Å². The second-order valence-corrected chi connectivity index (χ2v) is 4.49. The summed E-state index contributed by atoms with van der Waals surface area (Å²) in [5.74, 6) is -0.625. The Morgan fingerprint density at radius 3 is 2.84 bits per heavy atom. The summed E-state index contributed by atoms with van der Waals surface area (Å²) >= 11 is 3.09. The summed E-state index contributed by atoms with van der Waals surface area (Å²) in [7, 11) is 0. The molecule has 1 aromatic heterocycles. The summed E-state index contributed by atoms with van der Waals surface area (Å²) in [4.78, 5) is 15.2. The van der Waals surface area contributed by atoms with Crippen LogP contribution in [-0.4, -0.2) is 11.1 Å². The SMILES string of the molecule is O=C(Nc1cc(Br)ncc1F)OCc1ccccc1. The minimum atomic E-state index is -0.721. The van der Waals surface area contributed by atoms with Crippen LogP contribution < -0.4 is 5.32 Å². The third kappa shape index (κ3) is 4.03. The molecule has 1 aromatic carbocycles. The van der Waals surface area contributed by atoms with E-state index in [0.717, 1.165) is 11.8 Å². The van der Waals surface area contributed by atoms with Crippen molar-refractivity contribution in [2.24, 2.45) is 0 Å². The van der Waals surface area contributed by atoms with E-state index in [1.807, 2.05) is 30.3 Å². The Kier molecular flexibility index (Phi) is 4.46. The smallest absolute Gasteiger partial charge is 0.412 e. The number of ether oxygens (including phenoxy) is 1. The van der Waals surface area contributed by atoms with Gasteiger partial charge in [0.05, 0.1) is 11.9 Å². The van der Waals surface area contributed by atoms with E-state index in [2.05, 4.69) is 26.2 Å². The number of aromatic nitrogens is 1. The van der Waals surface area contributed by atoms with Gasteiger partial charge in [-0.25, -0.2) is 14.2 Å². The van der Waals surface area contributed by atoms with Gasteiger partial charge in [-0.05, 0) is 27.6 Å². The molecule has 0 spiro atoms. The van der Waals surface area contributed by atoms with Crippen LogP contribution in [0, 0.1) is 5.82 Å². The zero-order valence-electron chi connectivity index (χ0n) is 9.77. The van der Waals surface area contributed by atoms with Gasteiger partial charge in [0.2, 0.25) is 0 Å². The van der Waals surface area contributed by atoms with Crippen molar-refractivity contribution in [1.82, 2.24) is 4.98 Å². The van der Waals surface area contributed by atoms with E-state index in [0.29, 0.717) is 4.60 Å². The number of nitrogens with one attached hydrogen (secondary N) is 1. The third-order valence-electron chi connectivity index (χ3n) is 2.27. The standard InChI is InChI=1S/C13H10BrFN2O2/c14-12-6-11(10(15)7-16-12)17-13(18)19-8-9-4-2-1-3-5-9/h1-7H,8H2,(H,16,17,18). The van der Waals surface area contributed by atoms with E-state index >= 15 is 0 Å². The lowest BCUT2D eigenvalue weighted by atomic mass is 10.2. The number of rotatable bonds is 3. The number of carbonyl (C=O) groups is 1. The minimum absolute atomic E-state index is 0.0138. The second kappa shape index (κ2) is 6.29. The molecular weight excluding hydrogens is 315 g/mol. The van der Waals surface area contributed by atoms with E-state index in [9.17, 15) is 9.18 Å². The van der Waals surface area contributed by atoms with Crippen LogP contribution in [0.1, 0.15) is 5.56 Å². The van der Waals surface area contributed by atoms with Crippen LogP contribution in [0.4, 0.5) is 14.9 Å². The Balaban J connectivity index is 1.93. The highest BCUT2D eigenvalue weighted by Crippen LogP contribution is 2.17. The maximum Gasteiger partial charge on any atom is 0.412 e. The van der Waals surface area contributed by atoms with E-state index < -0.39 is 11.9 Å². The van der Waals surface area contributed by atoms with Crippen molar-refractivity contribution >= 4 is 27.7 Å². The number of anilines is 1. The molecule has 2 aromatic rings. The topological polar surface area (TPSA) is 51.2 Å². The lowest BCUT2D eigenvalue weighted by Crippen LogP contribution is -2.14. The quantitative estimate of drug-likeness (QED) is 0.875. The molecule has 4 nitrogen and oxygen atoms in total. The second-order valence-electron chi connectivity index (χ2n) is 3.67. The maximum atomic E-state index is 13.3. The molecule has 0 aliphatic heterocycles. The molecule has 0 bridgehead atoms. The van der Waals surface area contributed by atoms with Gasteiger partial charge in [0.1, 0.15) is 11.2 Å². The molecule has 0 saturated carbocycles. The molecular formula is C13H10BrFN2O2. The fourth-order valence-corrected chi connectivity index (χ4v) is 1.71. The lowest BCUT2D eigenvalue weighted by Gasteiger charge is -2.07. The van der Waals surface area contributed by atoms with Crippen LogP contribution in [0.2, 0.25) is 0 Å². The lowest BCUT2D eigenvalue weighted by molar-refractivity contribution is 0.155. The first kappa shape index (κ1) is 13.5. The number of pyridine rings is 1. The first-order chi connectivity index (χ1) is 9.15. The predicted octanol–water partition coefficient (Wildman–Crippen LogP) is 3.73. The van der Waals surface area contributed by atoms with E-state index in [-0.39, 0.29) is 12.3 Å². The number of carbonyl (C=O) groups excluding carboxylic acids is 1. The van der Waals surface area contributed by atoms with Crippen molar-refractivity contribution in [2.75, 3.05) is 5.32 Å². The first-order valence-corrected chi connectivity index (χ1v) is 6.23.